The molecule has 1 unspecified atom stereocenters. The van der Waals surface area contributed by atoms with Crippen molar-refractivity contribution >= 4 is 10.9 Å². The maximum atomic E-state index is 11.9. The number of benzene rings is 2. The van der Waals surface area contributed by atoms with Crippen LogP contribution in [-0.4, -0.2) is 40.8 Å². The summed E-state index contributed by atoms with van der Waals surface area (Å²) in [5.74, 6) is 1.91. The van der Waals surface area contributed by atoms with Crippen LogP contribution in [0.1, 0.15) is 41.2 Å². The third-order valence-electron chi connectivity index (χ3n) is 8.32. The molecule has 33 heavy (non-hydrogen) atoms. The Morgan fingerprint density at radius 2 is 2.06 bits per heavy atom. The lowest BCUT2D eigenvalue weighted by Gasteiger charge is -2.58. The number of fused-ring (bicyclic) bond motifs is 4. The molecule has 0 amide bonds. The Bertz CT molecular complexity index is 1190. The molecule has 1 aromatic heterocycles. The summed E-state index contributed by atoms with van der Waals surface area (Å²) in [7, 11) is 1.68. The first-order valence-corrected chi connectivity index (χ1v) is 12.1. The summed E-state index contributed by atoms with van der Waals surface area (Å²) in [6.07, 6.45) is 5.66. The van der Waals surface area contributed by atoms with Gasteiger partial charge in [-0.05, 0) is 55.2 Å². The highest BCUT2D eigenvalue weighted by atomic mass is 16.5. The summed E-state index contributed by atoms with van der Waals surface area (Å²) < 4.78 is 6.40. The van der Waals surface area contributed by atoms with Gasteiger partial charge in [-0.25, -0.2) is 0 Å². The SMILES string of the molecule is C=C[C@H]1C[N+]2(Cc3ccc(C)cc3C)CC[C@H]1C[C@@H]2[C@@H](O)c1ccnc2ccc(OC)cc12. The fourth-order valence-corrected chi connectivity index (χ4v) is 6.48. The highest BCUT2D eigenvalue weighted by molar-refractivity contribution is 5.83. The van der Waals surface area contributed by atoms with E-state index in [0.29, 0.717) is 11.8 Å². The van der Waals surface area contributed by atoms with Crippen molar-refractivity contribution in [3.63, 3.8) is 0 Å². The number of rotatable bonds is 6. The van der Waals surface area contributed by atoms with Gasteiger partial charge in [-0.15, -0.1) is 6.58 Å². The van der Waals surface area contributed by atoms with Crippen LogP contribution in [0.25, 0.3) is 10.9 Å². The summed E-state index contributed by atoms with van der Waals surface area (Å²) in [5, 5.41) is 12.9. The summed E-state index contributed by atoms with van der Waals surface area (Å²) in [6.45, 7) is 11.6. The second-order valence-electron chi connectivity index (χ2n) is 10.2. The van der Waals surface area contributed by atoms with E-state index in [1.165, 1.54) is 23.1 Å². The molecule has 0 saturated carbocycles. The number of aliphatic hydroxyl groups excluding tert-OH is 1. The molecule has 3 fully saturated rings. The van der Waals surface area contributed by atoms with E-state index in [0.717, 1.165) is 52.8 Å². The number of piperidine rings is 3. The molecule has 4 nitrogen and oxygen atoms in total. The van der Waals surface area contributed by atoms with Crippen LogP contribution in [0.3, 0.4) is 0 Å². The van der Waals surface area contributed by atoms with Gasteiger partial charge in [0, 0.05) is 35.9 Å². The highest BCUT2D eigenvalue weighted by Crippen LogP contribution is 2.48. The highest BCUT2D eigenvalue weighted by Gasteiger charge is 2.54. The van der Waals surface area contributed by atoms with E-state index in [-0.39, 0.29) is 6.04 Å². The van der Waals surface area contributed by atoms with E-state index in [1.54, 1.807) is 7.11 Å². The van der Waals surface area contributed by atoms with Gasteiger partial charge in [-0.3, -0.25) is 4.98 Å². The minimum Gasteiger partial charge on any atom is -0.497 e. The molecule has 2 aromatic carbocycles. The number of hydrogen-bond acceptors (Lipinski definition) is 3. The molecule has 1 N–H and O–H groups in total. The Kier molecular flexibility index (Phi) is 5.75. The largest absolute Gasteiger partial charge is 0.497 e. The predicted octanol–water partition coefficient (Wildman–Crippen LogP) is 5.51. The molecule has 4 heterocycles. The van der Waals surface area contributed by atoms with Crippen LogP contribution in [0.15, 0.2) is 61.3 Å². The molecule has 3 aliphatic rings. The zero-order valence-electron chi connectivity index (χ0n) is 20.0. The number of nitrogens with zero attached hydrogens (tertiary/aromatic N) is 2. The predicted molar refractivity (Wildman–Crippen MR) is 133 cm³/mol. The van der Waals surface area contributed by atoms with Crippen molar-refractivity contribution in [2.75, 3.05) is 20.2 Å². The number of aryl methyl sites for hydroxylation is 2. The van der Waals surface area contributed by atoms with Gasteiger partial charge in [0.1, 0.15) is 24.4 Å². The summed E-state index contributed by atoms with van der Waals surface area (Å²) in [6, 6.07) is 14.9. The van der Waals surface area contributed by atoms with Crippen LogP contribution in [-0.2, 0) is 6.54 Å². The van der Waals surface area contributed by atoms with E-state index in [2.05, 4.69) is 49.7 Å². The first-order valence-electron chi connectivity index (χ1n) is 12.1. The van der Waals surface area contributed by atoms with Crippen LogP contribution in [0.5, 0.6) is 5.75 Å². The molecule has 5 atom stereocenters. The fourth-order valence-electron chi connectivity index (χ4n) is 6.48. The van der Waals surface area contributed by atoms with Crippen molar-refractivity contribution in [3.8, 4) is 5.75 Å². The normalized spacial score (nSPS) is 27.5. The Morgan fingerprint density at radius 3 is 2.82 bits per heavy atom. The molecular weight excluding hydrogens is 408 g/mol. The molecule has 4 heteroatoms. The summed E-state index contributed by atoms with van der Waals surface area (Å²) >= 11 is 0. The maximum absolute atomic E-state index is 11.9. The van der Waals surface area contributed by atoms with Crippen molar-refractivity contribution in [1.82, 2.24) is 4.98 Å². The lowest BCUT2D eigenvalue weighted by molar-refractivity contribution is -0.985. The van der Waals surface area contributed by atoms with E-state index in [4.69, 9.17) is 4.74 Å². The van der Waals surface area contributed by atoms with Gasteiger partial charge in [-0.1, -0.05) is 29.8 Å². The molecule has 3 aromatic rings. The van der Waals surface area contributed by atoms with Gasteiger partial charge in [0.2, 0.25) is 0 Å². The van der Waals surface area contributed by atoms with E-state index >= 15 is 0 Å². The lowest BCUT2D eigenvalue weighted by Crippen LogP contribution is -2.67. The number of aromatic nitrogens is 1. The van der Waals surface area contributed by atoms with Gasteiger partial charge in [0.15, 0.2) is 0 Å². The van der Waals surface area contributed by atoms with Gasteiger partial charge in [-0.2, -0.15) is 0 Å². The van der Waals surface area contributed by atoms with Gasteiger partial charge < -0.3 is 14.3 Å². The van der Waals surface area contributed by atoms with E-state index in [1.807, 2.05) is 30.5 Å². The third-order valence-corrected chi connectivity index (χ3v) is 8.32. The zero-order valence-corrected chi connectivity index (χ0v) is 20.0. The molecule has 3 aliphatic heterocycles. The van der Waals surface area contributed by atoms with Gasteiger partial charge in [0.25, 0.3) is 0 Å². The molecule has 3 saturated heterocycles. The molecule has 172 valence electrons. The second kappa shape index (κ2) is 8.58. The van der Waals surface area contributed by atoms with Crippen LogP contribution in [0.4, 0.5) is 0 Å². The Balaban J connectivity index is 1.57. The van der Waals surface area contributed by atoms with Gasteiger partial charge in [0.05, 0.1) is 25.7 Å². The van der Waals surface area contributed by atoms with Crippen molar-refractivity contribution in [3.05, 3.63) is 83.6 Å². The monoisotopic (exact) mass is 443 g/mol. The first-order chi connectivity index (χ1) is 15.9. The standard InChI is InChI=1S/C29H35N2O2/c1-5-21-17-31(18-23-7-6-19(2)14-20(23)3)13-11-22(21)15-28(31)29(32)25-10-12-30-27-9-8-24(33-4)16-26(25)27/h5-10,12,14,16,21-22,28-29,32H,1,11,13,15,17-18H2,2-4H3/q+1/t21-,22-,28+,29-,31?/m0/s1. The second-order valence-corrected chi connectivity index (χ2v) is 10.2. The van der Waals surface area contributed by atoms with Crippen LogP contribution in [0.2, 0.25) is 0 Å². The summed E-state index contributed by atoms with van der Waals surface area (Å²) in [5.41, 5.74) is 5.89. The fraction of sp³-hybridized carbons (Fsp3) is 0.414. The maximum Gasteiger partial charge on any atom is 0.131 e. The Morgan fingerprint density at radius 1 is 1.21 bits per heavy atom. The molecule has 6 rings (SSSR count). The molecule has 0 spiro atoms. The Labute approximate surface area is 197 Å². The van der Waals surface area contributed by atoms with Crippen molar-refractivity contribution in [2.24, 2.45) is 11.8 Å². The minimum atomic E-state index is -0.554. The average Bonchev–Trinajstić information content (AvgIpc) is 2.84. The van der Waals surface area contributed by atoms with Crippen LogP contribution in [0, 0.1) is 25.7 Å². The number of pyridine rings is 1. The van der Waals surface area contributed by atoms with E-state index < -0.39 is 6.10 Å². The average molecular weight is 444 g/mol. The van der Waals surface area contributed by atoms with Crippen molar-refractivity contribution < 1.29 is 14.3 Å². The third kappa shape index (κ3) is 3.85. The van der Waals surface area contributed by atoms with Crippen molar-refractivity contribution in [1.29, 1.82) is 0 Å². The number of methoxy groups -OCH3 is 1. The molecule has 0 radical (unpaired) electrons. The van der Waals surface area contributed by atoms with E-state index in [9.17, 15) is 5.11 Å². The van der Waals surface area contributed by atoms with Crippen molar-refractivity contribution in [2.45, 2.75) is 45.4 Å². The lowest BCUT2D eigenvalue weighted by atomic mass is 9.71. The smallest absolute Gasteiger partial charge is 0.131 e. The number of quaternary nitrogens is 1. The summed E-state index contributed by atoms with van der Waals surface area (Å²) in [4.78, 5) is 4.54. The van der Waals surface area contributed by atoms with Crippen LogP contribution < -0.4 is 4.74 Å². The number of ether oxygens (including phenoxy) is 1. The molecule has 2 bridgehead atoms. The topological polar surface area (TPSA) is 42.4 Å². The first kappa shape index (κ1) is 22.1. The number of hydrogen-bond donors (Lipinski definition) is 1. The molecule has 0 aliphatic carbocycles. The zero-order chi connectivity index (χ0) is 23.2. The number of aliphatic hydroxyl groups is 1. The quantitative estimate of drug-likeness (QED) is 0.404. The van der Waals surface area contributed by atoms with Gasteiger partial charge >= 0.3 is 0 Å². The van der Waals surface area contributed by atoms with Crippen LogP contribution >= 0.6 is 0 Å². The molecular formula is C29H35N2O2+. The minimum absolute atomic E-state index is 0.150. The Hall–Kier alpha value is -2.69.